The predicted octanol–water partition coefficient (Wildman–Crippen LogP) is 8.12. The fourth-order valence-electron chi connectivity index (χ4n) is 3.37. The van der Waals surface area contributed by atoms with Gasteiger partial charge in [-0.15, -0.1) is 0 Å². The lowest BCUT2D eigenvalue weighted by Gasteiger charge is -2.05. The number of aryl methyl sites for hydroxylation is 1. The van der Waals surface area contributed by atoms with E-state index in [0.717, 1.165) is 29.9 Å². The summed E-state index contributed by atoms with van der Waals surface area (Å²) in [6.45, 7) is 5.26. The first-order valence-electron chi connectivity index (χ1n) is 12.3. The molecule has 0 saturated heterocycles. The maximum atomic E-state index is 5.77. The molecule has 2 rings (SSSR count). The van der Waals surface area contributed by atoms with E-state index in [2.05, 4.69) is 61.8 Å². The third-order valence-corrected chi connectivity index (χ3v) is 5.33. The molecule has 0 saturated carbocycles. The van der Waals surface area contributed by atoms with Crippen LogP contribution in [0, 0.1) is 23.7 Å². The molecule has 168 valence electrons. The van der Waals surface area contributed by atoms with E-state index in [4.69, 9.17) is 4.74 Å². The van der Waals surface area contributed by atoms with Crippen LogP contribution in [-0.2, 0) is 6.42 Å². The first-order valence-corrected chi connectivity index (χ1v) is 12.3. The van der Waals surface area contributed by atoms with Gasteiger partial charge in [0.1, 0.15) is 5.75 Å². The summed E-state index contributed by atoms with van der Waals surface area (Å²) < 4.78 is 5.77. The molecule has 2 aromatic rings. The average molecular weight is 427 g/mol. The third kappa shape index (κ3) is 11.5. The van der Waals surface area contributed by atoms with E-state index >= 15 is 0 Å². The minimum absolute atomic E-state index is 0.786. The molecule has 0 N–H and O–H groups in total. The fourth-order valence-corrected chi connectivity index (χ4v) is 3.37. The topological polar surface area (TPSA) is 9.23 Å². The van der Waals surface area contributed by atoms with Gasteiger partial charge >= 0.3 is 0 Å². The number of rotatable bonds is 12. The minimum atomic E-state index is 0.786. The van der Waals surface area contributed by atoms with E-state index in [1.807, 2.05) is 30.3 Å². The first-order chi connectivity index (χ1) is 15.8. The van der Waals surface area contributed by atoms with Gasteiger partial charge in [0.15, 0.2) is 0 Å². The lowest BCUT2D eigenvalue weighted by Crippen LogP contribution is -1.96. The maximum absolute atomic E-state index is 5.77. The van der Waals surface area contributed by atoms with Crippen molar-refractivity contribution in [1.82, 2.24) is 0 Å². The van der Waals surface area contributed by atoms with E-state index < -0.39 is 0 Å². The first kappa shape index (κ1) is 25.4. The molecule has 0 atom stereocenters. The Labute approximate surface area is 196 Å². The molecule has 0 aliphatic carbocycles. The molecule has 0 aliphatic rings. The summed E-state index contributed by atoms with van der Waals surface area (Å²) >= 11 is 0. The standard InChI is InChI=1S/C31H38O/c1-3-5-7-9-12-16-28-19-21-29(22-20-28)17-13-10-11-14-18-30-23-25-31(26-24-30)32-27-15-8-6-4-2/h10-11,19-26H,3-9,12,15-16,27H2,1-2H3. The number of hydrogen-bond donors (Lipinski definition) is 0. The van der Waals surface area contributed by atoms with Crippen LogP contribution in [0.5, 0.6) is 5.75 Å². The Morgan fingerprint density at radius 1 is 0.625 bits per heavy atom. The third-order valence-electron chi connectivity index (χ3n) is 5.33. The summed E-state index contributed by atoms with van der Waals surface area (Å²) in [7, 11) is 0. The van der Waals surface area contributed by atoms with Crippen LogP contribution in [0.3, 0.4) is 0 Å². The Kier molecular flexibility index (Phi) is 13.3. The van der Waals surface area contributed by atoms with Crippen molar-refractivity contribution in [3.63, 3.8) is 0 Å². The highest BCUT2D eigenvalue weighted by Crippen LogP contribution is 2.13. The molecule has 0 heterocycles. The fraction of sp³-hybridized carbons (Fsp3) is 0.419. The molecule has 32 heavy (non-hydrogen) atoms. The maximum Gasteiger partial charge on any atom is 0.119 e. The van der Waals surface area contributed by atoms with Crippen LogP contribution in [0.1, 0.15) is 88.3 Å². The normalized spacial score (nSPS) is 10.3. The molecule has 0 amide bonds. The molecule has 0 radical (unpaired) electrons. The molecule has 0 fully saturated rings. The predicted molar refractivity (Wildman–Crippen MR) is 138 cm³/mol. The van der Waals surface area contributed by atoms with E-state index in [-0.39, 0.29) is 0 Å². The lowest BCUT2D eigenvalue weighted by atomic mass is 10.0. The van der Waals surface area contributed by atoms with Gasteiger partial charge in [0.25, 0.3) is 0 Å². The highest BCUT2D eigenvalue weighted by Gasteiger charge is 1.95. The summed E-state index contributed by atoms with van der Waals surface area (Å²) in [6.07, 6.45) is 16.3. The summed E-state index contributed by atoms with van der Waals surface area (Å²) in [5, 5.41) is 0. The monoisotopic (exact) mass is 426 g/mol. The van der Waals surface area contributed by atoms with Gasteiger partial charge in [-0.25, -0.2) is 0 Å². The Balaban J connectivity index is 1.71. The lowest BCUT2D eigenvalue weighted by molar-refractivity contribution is 0.305. The Hall–Kier alpha value is -2.90. The smallest absolute Gasteiger partial charge is 0.119 e. The van der Waals surface area contributed by atoms with E-state index in [9.17, 15) is 0 Å². The molecule has 0 aromatic heterocycles. The molecular weight excluding hydrogens is 388 g/mol. The van der Waals surface area contributed by atoms with Crippen molar-refractivity contribution >= 4 is 0 Å². The van der Waals surface area contributed by atoms with Crippen molar-refractivity contribution < 1.29 is 4.74 Å². The van der Waals surface area contributed by atoms with Crippen molar-refractivity contribution in [1.29, 1.82) is 0 Å². The summed E-state index contributed by atoms with van der Waals surface area (Å²) in [4.78, 5) is 0. The summed E-state index contributed by atoms with van der Waals surface area (Å²) in [5.41, 5.74) is 3.43. The molecule has 0 spiro atoms. The average Bonchev–Trinajstić information content (AvgIpc) is 2.83. The molecule has 0 bridgehead atoms. The van der Waals surface area contributed by atoms with Crippen molar-refractivity contribution in [3.8, 4) is 29.4 Å². The molecule has 1 nitrogen and oxygen atoms in total. The van der Waals surface area contributed by atoms with Gasteiger partial charge in [-0.3, -0.25) is 0 Å². The van der Waals surface area contributed by atoms with Crippen LogP contribution in [0.4, 0.5) is 0 Å². The van der Waals surface area contributed by atoms with Gasteiger partial charge in [-0.05, 0) is 73.4 Å². The van der Waals surface area contributed by atoms with Gasteiger partial charge < -0.3 is 4.74 Å². The van der Waals surface area contributed by atoms with Gasteiger partial charge in [-0.1, -0.05) is 94.6 Å². The van der Waals surface area contributed by atoms with Crippen molar-refractivity contribution in [2.24, 2.45) is 0 Å². The second-order valence-electron chi connectivity index (χ2n) is 8.17. The molecule has 1 heteroatoms. The zero-order chi connectivity index (χ0) is 22.7. The number of unbranched alkanes of at least 4 members (excludes halogenated alkanes) is 7. The Bertz CT molecular complexity index is 818. The van der Waals surface area contributed by atoms with Crippen molar-refractivity contribution in [2.45, 2.75) is 78.1 Å². The zero-order valence-corrected chi connectivity index (χ0v) is 20.0. The quantitative estimate of drug-likeness (QED) is 0.246. The number of hydrogen-bond acceptors (Lipinski definition) is 1. The number of ether oxygens (including phenoxy) is 1. The van der Waals surface area contributed by atoms with Crippen molar-refractivity contribution in [3.05, 3.63) is 77.4 Å². The van der Waals surface area contributed by atoms with Crippen LogP contribution in [0.25, 0.3) is 0 Å². The van der Waals surface area contributed by atoms with Crippen LogP contribution < -0.4 is 4.74 Å². The number of benzene rings is 2. The van der Waals surface area contributed by atoms with Gasteiger partial charge in [0.2, 0.25) is 0 Å². The van der Waals surface area contributed by atoms with Crippen LogP contribution in [0.2, 0.25) is 0 Å². The van der Waals surface area contributed by atoms with Crippen molar-refractivity contribution in [2.75, 3.05) is 6.61 Å². The van der Waals surface area contributed by atoms with E-state index in [0.29, 0.717) is 0 Å². The zero-order valence-electron chi connectivity index (χ0n) is 20.0. The molecule has 0 aliphatic heterocycles. The van der Waals surface area contributed by atoms with Crippen LogP contribution >= 0.6 is 0 Å². The Morgan fingerprint density at radius 2 is 1.16 bits per heavy atom. The SMILES string of the molecule is CCCCCCCc1ccc(C#CC=CC#Cc2ccc(OCCCCCC)cc2)cc1. The second kappa shape index (κ2) is 16.8. The van der Waals surface area contributed by atoms with Gasteiger partial charge in [0, 0.05) is 11.1 Å². The second-order valence-corrected chi connectivity index (χ2v) is 8.17. The molecule has 2 aromatic carbocycles. The van der Waals surface area contributed by atoms with Gasteiger partial charge in [-0.2, -0.15) is 0 Å². The molecular formula is C31H38O. The Morgan fingerprint density at radius 3 is 1.75 bits per heavy atom. The highest BCUT2D eigenvalue weighted by molar-refractivity contribution is 5.42. The van der Waals surface area contributed by atoms with E-state index in [1.54, 1.807) is 6.08 Å². The van der Waals surface area contributed by atoms with Crippen LogP contribution in [-0.4, -0.2) is 6.61 Å². The van der Waals surface area contributed by atoms with Crippen LogP contribution in [0.15, 0.2) is 60.7 Å². The summed E-state index contributed by atoms with van der Waals surface area (Å²) in [5.74, 6) is 13.3. The number of allylic oxidation sites excluding steroid dienone is 2. The minimum Gasteiger partial charge on any atom is -0.494 e. The van der Waals surface area contributed by atoms with Gasteiger partial charge in [0.05, 0.1) is 6.61 Å². The highest BCUT2D eigenvalue weighted by atomic mass is 16.5. The molecule has 0 unspecified atom stereocenters. The van der Waals surface area contributed by atoms with E-state index in [1.165, 1.54) is 63.4 Å². The summed E-state index contributed by atoms with van der Waals surface area (Å²) in [6, 6.07) is 16.6. The largest absolute Gasteiger partial charge is 0.494 e.